The van der Waals surface area contributed by atoms with Crippen LogP contribution in [0, 0.1) is 0 Å². The number of rotatable bonds is 11. The molecule has 7 rings (SSSR count). The molecule has 10 heteroatoms. The predicted octanol–water partition coefficient (Wildman–Crippen LogP) is 6.36. The Morgan fingerprint density at radius 2 is 1.43 bits per heavy atom. The molecule has 3 heterocycles. The summed E-state index contributed by atoms with van der Waals surface area (Å²) in [5.41, 5.74) is 2.72. The van der Waals surface area contributed by atoms with Crippen LogP contribution in [0.2, 0.25) is 0 Å². The Morgan fingerprint density at radius 3 is 2.04 bits per heavy atom. The number of aliphatic hydroxyl groups is 1. The Hall–Kier alpha value is -5.55. The molecular formula is C39H36N4O6. The second-order valence-electron chi connectivity index (χ2n) is 11.8. The molecule has 2 aromatic heterocycles. The maximum atomic E-state index is 12.9. The van der Waals surface area contributed by atoms with Gasteiger partial charge in [0.25, 0.3) is 5.91 Å². The number of fused-ring (bicyclic) bond motifs is 1. The van der Waals surface area contributed by atoms with Crippen molar-refractivity contribution < 1.29 is 28.8 Å². The molecule has 2 N–H and O–H groups in total. The van der Waals surface area contributed by atoms with Crippen molar-refractivity contribution in [3.8, 4) is 11.5 Å². The van der Waals surface area contributed by atoms with E-state index in [4.69, 9.17) is 18.9 Å². The Labute approximate surface area is 283 Å². The highest BCUT2D eigenvalue weighted by Gasteiger charge is 2.42. The highest BCUT2D eigenvalue weighted by atomic mass is 16.6. The molecule has 0 radical (unpaired) electrons. The van der Waals surface area contributed by atoms with Crippen molar-refractivity contribution in [2.24, 2.45) is 0 Å². The van der Waals surface area contributed by atoms with Crippen LogP contribution in [0.3, 0.4) is 0 Å². The number of hydrogen-bond donors (Lipinski definition) is 2. The van der Waals surface area contributed by atoms with Crippen LogP contribution in [-0.2, 0) is 15.1 Å². The first-order valence-corrected chi connectivity index (χ1v) is 16.0. The van der Waals surface area contributed by atoms with Crippen LogP contribution in [0.1, 0.15) is 39.7 Å². The van der Waals surface area contributed by atoms with E-state index in [1.807, 2.05) is 114 Å². The Bertz CT molecular complexity index is 1970. The molecule has 1 aliphatic heterocycles. The van der Waals surface area contributed by atoms with E-state index in [1.165, 1.54) is 6.33 Å². The van der Waals surface area contributed by atoms with E-state index in [0.717, 1.165) is 28.2 Å². The van der Waals surface area contributed by atoms with Crippen molar-refractivity contribution in [2.45, 2.75) is 30.5 Å². The monoisotopic (exact) mass is 656 g/mol. The average molecular weight is 657 g/mol. The third-order valence-electron chi connectivity index (χ3n) is 8.93. The number of aliphatic hydroxyl groups excluding tert-OH is 1. The molecule has 1 aliphatic rings. The van der Waals surface area contributed by atoms with E-state index >= 15 is 0 Å². The minimum atomic E-state index is -1.06. The molecule has 3 atom stereocenters. The summed E-state index contributed by atoms with van der Waals surface area (Å²) in [5.74, 6) is 1.57. The Balaban J connectivity index is 1.18. The number of nitrogens with one attached hydrogen (secondary N) is 1. The summed E-state index contributed by atoms with van der Waals surface area (Å²) in [5, 5.41) is 14.9. The molecule has 4 aromatic carbocycles. The smallest absolute Gasteiger partial charge is 0.256 e. The van der Waals surface area contributed by atoms with Gasteiger partial charge in [-0.05, 0) is 59.2 Å². The maximum Gasteiger partial charge on any atom is 0.256 e. The Kier molecular flexibility index (Phi) is 9.08. The van der Waals surface area contributed by atoms with Gasteiger partial charge in [-0.2, -0.15) is 0 Å². The molecule has 0 bridgehead atoms. The summed E-state index contributed by atoms with van der Waals surface area (Å²) in [6.07, 6.45) is 1.56. The fraction of sp³-hybridized carbons (Fsp3) is 0.205. The lowest BCUT2D eigenvalue weighted by Crippen LogP contribution is -2.38. The van der Waals surface area contributed by atoms with Crippen LogP contribution < -0.4 is 14.8 Å². The van der Waals surface area contributed by atoms with Crippen molar-refractivity contribution in [1.29, 1.82) is 0 Å². The SMILES string of the molecule is COc1ccc(C(OCC2OC(n3ccc4c(NC(=O)c5ccccc5)ncnc43)CC2O)(c2ccccc2)c2ccc(OC)cc2)cc1. The summed E-state index contributed by atoms with van der Waals surface area (Å²) in [6, 6.07) is 36.4. The number of nitrogens with zero attached hydrogens (tertiary/aromatic N) is 3. The van der Waals surface area contributed by atoms with Gasteiger partial charge in [-0.15, -0.1) is 0 Å². The minimum Gasteiger partial charge on any atom is -0.497 e. The van der Waals surface area contributed by atoms with E-state index in [1.54, 1.807) is 26.4 Å². The first-order valence-electron chi connectivity index (χ1n) is 16.0. The van der Waals surface area contributed by atoms with Gasteiger partial charge >= 0.3 is 0 Å². The quantitative estimate of drug-likeness (QED) is 0.155. The fourth-order valence-corrected chi connectivity index (χ4v) is 6.39. The molecule has 0 aliphatic carbocycles. The van der Waals surface area contributed by atoms with Gasteiger partial charge in [0.1, 0.15) is 47.2 Å². The number of anilines is 1. The van der Waals surface area contributed by atoms with Gasteiger partial charge in [0, 0.05) is 18.2 Å². The Morgan fingerprint density at radius 1 is 0.837 bits per heavy atom. The average Bonchev–Trinajstić information content (AvgIpc) is 3.76. The van der Waals surface area contributed by atoms with Gasteiger partial charge < -0.3 is 33.9 Å². The lowest BCUT2D eigenvalue weighted by molar-refractivity contribution is -0.0930. The van der Waals surface area contributed by atoms with Crippen LogP contribution in [-0.4, -0.2) is 58.6 Å². The van der Waals surface area contributed by atoms with Crippen molar-refractivity contribution in [3.05, 3.63) is 150 Å². The van der Waals surface area contributed by atoms with Gasteiger partial charge in [-0.3, -0.25) is 4.79 Å². The van der Waals surface area contributed by atoms with E-state index in [2.05, 4.69) is 15.3 Å². The van der Waals surface area contributed by atoms with E-state index < -0.39 is 24.0 Å². The molecule has 10 nitrogen and oxygen atoms in total. The lowest BCUT2D eigenvalue weighted by Gasteiger charge is -2.37. The normalized spacial score (nSPS) is 17.6. The molecule has 0 saturated carbocycles. The second-order valence-corrected chi connectivity index (χ2v) is 11.8. The van der Waals surface area contributed by atoms with Crippen molar-refractivity contribution in [1.82, 2.24) is 14.5 Å². The molecule has 6 aromatic rings. The van der Waals surface area contributed by atoms with E-state index in [0.29, 0.717) is 28.8 Å². The molecule has 3 unspecified atom stereocenters. The number of ether oxygens (including phenoxy) is 4. The summed E-state index contributed by atoms with van der Waals surface area (Å²) in [6.45, 7) is 0.0805. The van der Waals surface area contributed by atoms with Gasteiger partial charge in [0.15, 0.2) is 0 Å². The van der Waals surface area contributed by atoms with Crippen LogP contribution in [0.15, 0.2) is 128 Å². The maximum absolute atomic E-state index is 12.9. The highest BCUT2D eigenvalue weighted by Crippen LogP contribution is 2.43. The molecule has 49 heavy (non-hydrogen) atoms. The van der Waals surface area contributed by atoms with Crippen LogP contribution in [0.25, 0.3) is 11.0 Å². The van der Waals surface area contributed by atoms with Crippen molar-refractivity contribution >= 4 is 22.8 Å². The van der Waals surface area contributed by atoms with Crippen molar-refractivity contribution in [3.63, 3.8) is 0 Å². The summed E-state index contributed by atoms with van der Waals surface area (Å²) >= 11 is 0. The molecule has 248 valence electrons. The minimum absolute atomic E-state index is 0.0805. The zero-order valence-electron chi connectivity index (χ0n) is 27.1. The zero-order chi connectivity index (χ0) is 33.8. The third-order valence-corrected chi connectivity index (χ3v) is 8.93. The molecule has 0 spiro atoms. The van der Waals surface area contributed by atoms with Gasteiger partial charge in [-0.25, -0.2) is 9.97 Å². The summed E-state index contributed by atoms with van der Waals surface area (Å²) in [4.78, 5) is 21.7. The number of carbonyl (C=O) groups is 1. The number of methoxy groups -OCH3 is 2. The van der Waals surface area contributed by atoms with E-state index in [9.17, 15) is 9.90 Å². The van der Waals surface area contributed by atoms with Crippen LogP contribution in [0.5, 0.6) is 11.5 Å². The first kappa shape index (κ1) is 32.0. The van der Waals surface area contributed by atoms with Crippen molar-refractivity contribution in [2.75, 3.05) is 26.1 Å². The molecule has 1 fully saturated rings. The van der Waals surface area contributed by atoms with Gasteiger partial charge in [-0.1, -0.05) is 72.8 Å². The number of benzene rings is 4. The topological polar surface area (TPSA) is 117 Å². The fourth-order valence-electron chi connectivity index (χ4n) is 6.39. The predicted molar refractivity (Wildman–Crippen MR) is 185 cm³/mol. The molecular weight excluding hydrogens is 620 g/mol. The summed E-state index contributed by atoms with van der Waals surface area (Å²) in [7, 11) is 3.27. The summed E-state index contributed by atoms with van der Waals surface area (Å²) < 4.78 is 26.3. The molecule has 1 amide bonds. The standard InChI is InChI=1S/C39H36N4O6/c1-46-30-17-13-28(14-18-30)39(27-11-7-4-8-12-27,29-15-19-31(47-2)20-16-29)48-24-34-33(44)23-35(49-34)43-22-21-32-36(40-25-41-37(32)43)42-38(45)26-9-5-3-6-10-26/h3-22,25,33-35,44H,23-24H2,1-2H3,(H,40,41,42,45). The third kappa shape index (κ3) is 6.25. The number of aromatic nitrogens is 3. The van der Waals surface area contributed by atoms with Crippen LogP contribution >= 0.6 is 0 Å². The van der Waals surface area contributed by atoms with E-state index in [-0.39, 0.29) is 12.5 Å². The second kappa shape index (κ2) is 13.9. The largest absolute Gasteiger partial charge is 0.497 e. The molecule has 1 saturated heterocycles. The number of hydrogen-bond acceptors (Lipinski definition) is 8. The van der Waals surface area contributed by atoms with Gasteiger partial charge in [0.2, 0.25) is 0 Å². The van der Waals surface area contributed by atoms with Crippen LogP contribution in [0.4, 0.5) is 5.82 Å². The zero-order valence-corrected chi connectivity index (χ0v) is 27.1. The number of amides is 1. The highest BCUT2D eigenvalue weighted by molar-refractivity contribution is 6.07. The first-order chi connectivity index (χ1) is 24.0. The lowest BCUT2D eigenvalue weighted by atomic mass is 9.80. The number of carbonyl (C=O) groups excluding carboxylic acids is 1. The van der Waals surface area contributed by atoms with Gasteiger partial charge in [0.05, 0.1) is 32.3 Å².